The molecule has 2 bridgehead atoms. The number of nitrogens with zero attached hydrogens (tertiary/aromatic N) is 3. The number of anilines is 1. The second-order valence-electron chi connectivity index (χ2n) is 13.0. The van der Waals surface area contributed by atoms with Gasteiger partial charge in [0.2, 0.25) is 11.8 Å². The zero-order valence-corrected chi connectivity index (χ0v) is 26.1. The van der Waals surface area contributed by atoms with E-state index in [1.54, 1.807) is 0 Å². The molecule has 2 amide bonds. The molecule has 226 valence electrons. The predicted molar refractivity (Wildman–Crippen MR) is 174 cm³/mol. The third-order valence-electron chi connectivity index (χ3n) is 10.7. The molecule has 7 heteroatoms. The zero-order chi connectivity index (χ0) is 30.6. The van der Waals surface area contributed by atoms with E-state index in [1.807, 2.05) is 92.7 Å². The van der Waals surface area contributed by atoms with Gasteiger partial charge in [0.05, 0.1) is 22.7 Å². The van der Waals surface area contributed by atoms with Crippen LogP contribution in [0.5, 0.6) is 0 Å². The van der Waals surface area contributed by atoms with Gasteiger partial charge in [-0.1, -0.05) is 78.3 Å². The summed E-state index contributed by atoms with van der Waals surface area (Å²) in [6.45, 7) is 8.97. The Hall–Kier alpha value is -3.74. The van der Waals surface area contributed by atoms with E-state index in [0.29, 0.717) is 6.54 Å². The lowest BCUT2D eigenvalue weighted by molar-refractivity contribution is -0.144. The van der Waals surface area contributed by atoms with Gasteiger partial charge in [-0.15, -0.1) is 0 Å². The Morgan fingerprint density at radius 1 is 0.682 bits per heavy atom. The van der Waals surface area contributed by atoms with Gasteiger partial charge < -0.3 is 4.90 Å². The van der Waals surface area contributed by atoms with Gasteiger partial charge >= 0.3 is 0 Å². The smallest absolute Gasteiger partial charge is 0.234 e. The Morgan fingerprint density at radius 2 is 1.20 bits per heavy atom. The number of carbonyl (C=O) groups is 3. The average Bonchev–Trinajstić information content (AvgIpc) is 3.49. The number of fused-ring (bicyclic) bond motifs is 5. The SMILES string of the molecule is CC12C(=O)C(C)(C(c3ccccc3)=C1c1ccccc1)C1C(=O)N(CCCCN3CCN(c4cccc(Cl)c4)CC3)C(=O)C12. The summed E-state index contributed by atoms with van der Waals surface area (Å²) in [5.41, 5.74) is 2.73. The van der Waals surface area contributed by atoms with Crippen LogP contribution >= 0.6 is 11.6 Å². The molecule has 2 heterocycles. The molecule has 1 saturated carbocycles. The normalized spacial score (nSPS) is 28.4. The number of unbranched alkanes of at least 4 members (excludes halogenated alkanes) is 1. The Morgan fingerprint density at radius 3 is 1.73 bits per heavy atom. The van der Waals surface area contributed by atoms with Crippen molar-refractivity contribution in [2.45, 2.75) is 26.7 Å². The molecular weight excluding hydrogens is 570 g/mol. The van der Waals surface area contributed by atoms with Crippen LogP contribution in [-0.4, -0.2) is 66.7 Å². The van der Waals surface area contributed by atoms with Crippen molar-refractivity contribution >= 4 is 46.0 Å². The van der Waals surface area contributed by atoms with E-state index in [2.05, 4.69) is 15.9 Å². The van der Waals surface area contributed by atoms with Gasteiger partial charge in [0, 0.05) is 43.4 Å². The van der Waals surface area contributed by atoms with Crippen molar-refractivity contribution in [3.8, 4) is 0 Å². The average molecular weight is 608 g/mol. The first-order valence-electron chi connectivity index (χ1n) is 15.8. The highest BCUT2D eigenvalue weighted by Crippen LogP contribution is 2.73. The number of likely N-dealkylation sites (tertiary alicyclic amines) is 1. The monoisotopic (exact) mass is 607 g/mol. The molecule has 2 saturated heterocycles. The number of carbonyl (C=O) groups excluding carboxylic acids is 3. The molecule has 2 aliphatic heterocycles. The number of rotatable bonds is 8. The molecule has 0 spiro atoms. The number of amides is 2. The van der Waals surface area contributed by atoms with Gasteiger partial charge in [0.15, 0.2) is 5.78 Å². The topological polar surface area (TPSA) is 60.9 Å². The van der Waals surface area contributed by atoms with Crippen LogP contribution in [-0.2, 0) is 14.4 Å². The van der Waals surface area contributed by atoms with Crippen LogP contribution in [0.4, 0.5) is 5.69 Å². The van der Waals surface area contributed by atoms with Crippen molar-refractivity contribution in [2.75, 3.05) is 44.2 Å². The van der Waals surface area contributed by atoms with Crippen LogP contribution in [0.2, 0.25) is 5.02 Å². The first-order valence-corrected chi connectivity index (χ1v) is 16.1. The number of halogens is 1. The number of allylic oxidation sites excluding steroid dienone is 2. The predicted octanol–water partition coefficient (Wildman–Crippen LogP) is 6.06. The van der Waals surface area contributed by atoms with Gasteiger partial charge in [-0.3, -0.25) is 24.2 Å². The fraction of sp³-hybridized carbons (Fsp3) is 0.378. The number of benzene rings is 3. The number of hydrogen-bond donors (Lipinski definition) is 0. The summed E-state index contributed by atoms with van der Waals surface area (Å²) < 4.78 is 0. The Balaban J connectivity index is 1.06. The van der Waals surface area contributed by atoms with E-state index in [9.17, 15) is 14.4 Å². The van der Waals surface area contributed by atoms with Crippen LogP contribution in [0.25, 0.3) is 11.1 Å². The minimum Gasteiger partial charge on any atom is -0.369 e. The lowest BCUT2D eigenvalue weighted by Gasteiger charge is -2.36. The van der Waals surface area contributed by atoms with Crippen LogP contribution in [0.1, 0.15) is 37.8 Å². The molecule has 3 fully saturated rings. The van der Waals surface area contributed by atoms with Crippen molar-refractivity contribution in [3.63, 3.8) is 0 Å². The molecule has 6 nitrogen and oxygen atoms in total. The highest BCUT2D eigenvalue weighted by molar-refractivity contribution is 6.31. The second kappa shape index (κ2) is 11.0. The van der Waals surface area contributed by atoms with E-state index < -0.39 is 22.7 Å². The van der Waals surface area contributed by atoms with E-state index in [0.717, 1.165) is 78.5 Å². The number of imide groups is 1. The molecule has 0 N–H and O–H groups in total. The Labute approximate surface area is 264 Å². The molecule has 0 radical (unpaired) electrons. The summed E-state index contributed by atoms with van der Waals surface area (Å²) in [5.74, 6) is -1.72. The maximum absolute atomic E-state index is 14.4. The second-order valence-corrected chi connectivity index (χ2v) is 13.5. The van der Waals surface area contributed by atoms with Crippen molar-refractivity contribution in [1.82, 2.24) is 9.80 Å². The number of piperazine rings is 1. The van der Waals surface area contributed by atoms with E-state index >= 15 is 0 Å². The molecule has 0 aromatic heterocycles. The number of ketones is 1. The molecule has 4 aliphatic rings. The highest BCUT2D eigenvalue weighted by Gasteiger charge is 2.78. The lowest BCUT2D eigenvalue weighted by Crippen LogP contribution is -2.46. The highest BCUT2D eigenvalue weighted by atomic mass is 35.5. The van der Waals surface area contributed by atoms with E-state index in [4.69, 9.17) is 11.6 Å². The van der Waals surface area contributed by atoms with Gasteiger partial charge in [0.25, 0.3) is 0 Å². The fourth-order valence-corrected chi connectivity index (χ4v) is 8.78. The van der Waals surface area contributed by atoms with Gasteiger partial charge in [-0.2, -0.15) is 0 Å². The lowest BCUT2D eigenvalue weighted by atomic mass is 9.63. The van der Waals surface area contributed by atoms with Crippen LogP contribution in [0, 0.1) is 22.7 Å². The van der Waals surface area contributed by atoms with Gasteiger partial charge in [0.1, 0.15) is 0 Å². The van der Waals surface area contributed by atoms with Crippen molar-refractivity contribution in [2.24, 2.45) is 22.7 Å². The molecule has 4 atom stereocenters. The standard InChI is InChI=1S/C37H38ClN3O3/c1-36-29(25-12-5-3-6-13-25)30(26-14-7-4-8-15-26)37(2,35(36)44)32-31(36)33(42)41(34(32)43)19-10-9-18-39-20-22-40(23-21-39)28-17-11-16-27(38)24-28/h3-8,11-17,24,31-32H,9-10,18-23H2,1-2H3. The molecule has 3 aromatic carbocycles. The molecule has 3 aromatic rings. The van der Waals surface area contributed by atoms with Crippen LogP contribution in [0.3, 0.4) is 0 Å². The summed E-state index contributed by atoms with van der Waals surface area (Å²) in [4.78, 5) is 48.9. The van der Waals surface area contributed by atoms with E-state index in [-0.39, 0.29) is 17.6 Å². The Bertz CT molecular complexity index is 1570. The summed E-state index contributed by atoms with van der Waals surface area (Å²) in [6.07, 6.45) is 1.65. The minimum atomic E-state index is -1.06. The third-order valence-corrected chi connectivity index (χ3v) is 10.9. The molecule has 4 unspecified atom stereocenters. The Kier molecular flexibility index (Phi) is 7.25. The van der Waals surface area contributed by atoms with Gasteiger partial charge in [-0.25, -0.2) is 0 Å². The summed E-state index contributed by atoms with van der Waals surface area (Å²) >= 11 is 6.19. The number of Topliss-reactive ketones (excluding diaryl/α,β-unsaturated/α-hetero) is 1. The summed E-state index contributed by atoms with van der Waals surface area (Å²) in [5, 5.41) is 0.754. The molecule has 7 rings (SSSR count). The quantitative estimate of drug-likeness (QED) is 0.230. The first kappa shape index (κ1) is 29.0. The van der Waals surface area contributed by atoms with Crippen molar-refractivity contribution < 1.29 is 14.4 Å². The largest absolute Gasteiger partial charge is 0.369 e. The van der Waals surface area contributed by atoms with Crippen molar-refractivity contribution in [1.29, 1.82) is 0 Å². The molecular formula is C37H38ClN3O3. The van der Waals surface area contributed by atoms with Gasteiger partial charge in [-0.05, 0) is 73.7 Å². The zero-order valence-electron chi connectivity index (χ0n) is 25.3. The molecule has 2 aliphatic carbocycles. The third kappa shape index (κ3) is 4.29. The van der Waals surface area contributed by atoms with E-state index in [1.165, 1.54) is 4.90 Å². The van der Waals surface area contributed by atoms with Crippen LogP contribution in [0.15, 0.2) is 84.9 Å². The fourth-order valence-electron chi connectivity index (χ4n) is 8.60. The summed E-state index contributed by atoms with van der Waals surface area (Å²) in [6, 6.07) is 27.9. The van der Waals surface area contributed by atoms with Crippen molar-refractivity contribution in [3.05, 3.63) is 101 Å². The first-order chi connectivity index (χ1) is 21.3. The number of hydrogen-bond acceptors (Lipinski definition) is 5. The van der Waals surface area contributed by atoms with Crippen LogP contribution < -0.4 is 4.90 Å². The maximum atomic E-state index is 14.4. The maximum Gasteiger partial charge on any atom is 0.234 e. The molecule has 44 heavy (non-hydrogen) atoms. The summed E-state index contributed by atoms with van der Waals surface area (Å²) in [7, 11) is 0. The minimum absolute atomic E-state index is 0.00373.